The summed E-state index contributed by atoms with van der Waals surface area (Å²) in [5.74, 6) is -0.871. The zero-order valence-electron chi connectivity index (χ0n) is 55.5. The fourth-order valence-corrected chi connectivity index (χ4v) is 10.8. The van der Waals surface area contributed by atoms with Crippen LogP contribution in [0.1, 0.15) is 380 Å². The van der Waals surface area contributed by atoms with E-state index < -0.39 is 6.10 Å². The molecule has 6 nitrogen and oxygen atoms in total. The molecule has 482 valence electrons. The van der Waals surface area contributed by atoms with Crippen molar-refractivity contribution >= 4 is 17.9 Å². The molecule has 0 amide bonds. The Hall–Kier alpha value is -3.15. The highest BCUT2D eigenvalue weighted by Gasteiger charge is 2.19. The molecular formula is C77H138O6. The number of esters is 3. The lowest BCUT2D eigenvalue weighted by molar-refractivity contribution is -0.167. The number of carbonyl (C=O) groups is 3. The Morgan fingerprint density at radius 3 is 0.771 bits per heavy atom. The Morgan fingerprint density at radius 1 is 0.253 bits per heavy atom. The Bertz CT molecular complexity index is 1520. The fraction of sp³-hybridized carbons (Fsp3) is 0.805. The van der Waals surface area contributed by atoms with Crippen molar-refractivity contribution in [2.24, 2.45) is 0 Å². The normalized spacial score (nSPS) is 12.5. The summed E-state index contributed by atoms with van der Waals surface area (Å²) in [5, 5.41) is 0. The molecule has 0 saturated carbocycles. The summed E-state index contributed by atoms with van der Waals surface area (Å²) in [5.41, 5.74) is 0. The molecule has 0 rings (SSSR count). The molecule has 0 aliphatic heterocycles. The summed E-state index contributed by atoms with van der Waals surface area (Å²) in [6.45, 7) is 6.55. The SMILES string of the molecule is CC/C=C\C/C=C\C/C=C\C/C=C\C/C=C\CCCCCCCCCCCC(=O)OC(COC(=O)CCCCCCC/C=C\CCCCC)COC(=O)CCCCCCCCCCCCCCCCCCCCCCCCCCCCCC. The van der Waals surface area contributed by atoms with E-state index >= 15 is 0 Å². The molecule has 0 aromatic rings. The van der Waals surface area contributed by atoms with Gasteiger partial charge in [-0.1, -0.05) is 344 Å². The van der Waals surface area contributed by atoms with Crippen molar-refractivity contribution in [3.63, 3.8) is 0 Å². The number of ether oxygens (including phenoxy) is 3. The lowest BCUT2D eigenvalue weighted by Gasteiger charge is -2.18. The average Bonchev–Trinajstić information content (AvgIpc) is 3.49. The summed E-state index contributed by atoms with van der Waals surface area (Å²) in [6, 6.07) is 0. The van der Waals surface area contributed by atoms with Crippen LogP contribution < -0.4 is 0 Å². The lowest BCUT2D eigenvalue weighted by Crippen LogP contribution is -2.30. The largest absolute Gasteiger partial charge is 0.462 e. The second kappa shape index (κ2) is 71.3. The smallest absolute Gasteiger partial charge is 0.306 e. The maximum absolute atomic E-state index is 13.0. The molecule has 0 N–H and O–H groups in total. The number of hydrogen-bond acceptors (Lipinski definition) is 6. The summed E-state index contributed by atoms with van der Waals surface area (Å²) < 4.78 is 17.0. The van der Waals surface area contributed by atoms with Gasteiger partial charge in [0.15, 0.2) is 6.10 Å². The van der Waals surface area contributed by atoms with Crippen molar-refractivity contribution in [2.75, 3.05) is 13.2 Å². The maximum Gasteiger partial charge on any atom is 0.306 e. The van der Waals surface area contributed by atoms with Gasteiger partial charge < -0.3 is 14.2 Å². The topological polar surface area (TPSA) is 78.9 Å². The van der Waals surface area contributed by atoms with Gasteiger partial charge in [0.05, 0.1) is 0 Å². The molecule has 83 heavy (non-hydrogen) atoms. The number of hydrogen-bond donors (Lipinski definition) is 0. The van der Waals surface area contributed by atoms with E-state index in [2.05, 4.69) is 93.7 Å². The van der Waals surface area contributed by atoms with Crippen molar-refractivity contribution in [1.82, 2.24) is 0 Å². The first kappa shape index (κ1) is 79.8. The number of allylic oxidation sites excluding steroid dienone is 12. The minimum Gasteiger partial charge on any atom is -0.462 e. The van der Waals surface area contributed by atoms with E-state index in [4.69, 9.17) is 14.2 Å². The van der Waals surface area contributed by atoms with Gasteiger partial charge in [0.2, 0.25) is 0 Å². The van der Waals surface area contributed by atoms with E-state index in [1.807, 2.05) is 0 Å². The molecule has 0 saturated heterocycles. The molecule has 0 heterocycles. The van der Waals surface area contributed by atoms with Gasteiger partial charge in [-0.2, -0.15) is 0 Å². The third-order valence-corrected chi connectivity index (χ3v) is 16.2. The lowest BCUT2D eigenvalue weighted by atomic mass is 10.0. The van der Waals surface area contributed by atoms with Gasteiger partial charge in [0, 0.05) is 19.3 Å². The van der Waals surface area contributed by atoms with Gasteiger partial charge in [-0.25, -0.2) is 0 Å². The zero-order chi connectivity index (χ0) is 59.9. The van der Waals surface area contributed by atoms with Crippen LogP contribution in [0.5, 0.6) is 0 Å². The van der Waals surface area contributed by atoms with E-state index in [1.165, 1.54) is 238 Å². The highest BCUT2D eigenvalue weighted by molar-refractivity contribution is 5.71. The second-order valence-corrected chi connectivity index (χ2v) is 24.5. The third-order valence-electron chi connectivity index (χ3n) is 16.2. The van der Waals surface area contributed by atoms with Crippen molar-refractivity contribution < 1.29 is 28.6 Å². The standard InChI is InChI=1S/C77H138O6/c1-4-7-10-13-16-19-22-25-27-29-31-33-35-37-38-39-41-42-44-46-48-50-52-55-58-61-64-67-70-76(79)82-73-74(72-81-75(78)69-66-63-60-57-54-24-21-18-15-12-9-6-3)83-77(80)71-68-65-62-59-56-53-51-49-47-45-43-40-36-34-32-30-28-26-23-20-17-14-11-8-5-2/h8,11,17-18,20-21,26,28,32,34,40,43,74H,4-7,9-10,12-16,19,22-25,27,29-31,33,35-39,41-42,44-73H2,1-3H3/b11-8-,20-17-,21-18-,28-26-,34-32-,43-40-. The zero-order valence-corrected chi connectivity index (χ0v) is 55.5. The van der Waals surface area contributed by atoms with Crippen molar-refractivity contribution in [3.05, 3.63) is 72.9 Å². The van der Waals surface area contributed by atoms with Crippen molar-refractivity contribution in [3.8, 4) is 0 Å². The quantitative estimate of drug-likeness (QED) is 0.0261. The van der Waals surface area contributed by atoms with Crippen LogP contribution in [-0.2, 0) is 28.6 Å². The number of rotatable bonds is 67. The summed E-state index contributed by atoms with van der Waals surface area (Å²) in [6.07, 6.45) is 93.7. The summed E-state index contributed by atoms with van der Waals surface area (Å²) in [4.78, 5) is 38.4. The highest BCUT2D eigenvalue weighted by atomic mass is 16.6. The molecule has 0 bridgehead atoms. The van der Waals surface area contributed by atoms with E-state index in [0.29, 0.717) is 19.3 Å². The predicted molar refractivity (Wildman–Crippen MR) is 362 cm³/mol. The van der Waals surface area contributed by atoms with Gasteiger partial charge in [0.25, 0.3) is 0 Å². The monoisotopic (exact) mass is 1160 g/mol. The summed E-state index contributed by atoms with van der Waals surface area (Å²) >= 11 is 0. The second-order valence-electron chi connectivity index (χ2n) is 24.5. The number of carbonyl (C=O) groups excluding carboxylic acids is 3. The highest BCUT2D eigenvalue weighted by Crippen LogP contribution is 2.18. The van der Waals surface area contributed by atoms with Gasteiger partial charge in [-0.15, -0.1) is 0 Å². The molecule has 1 unspecified atom stereocenters. The van der Waals surface area contributed by atoms with Crippen LogP contribution in [-0.4, -0.2) is 37.2 Å². The van der Waals surface area contributed by atoms with Crippen LogP contribution in [0, 0.1) is 0 Å². The van der Waals surface area contributed by atoms with Gasteiger partial charge in [0.1, 0.15) is 13.2 Å². The molecule has 0 fully saturated rings. The van der Waals surface area contributed by atoms with E-state index in [9.17, 15) is 14.4 Å². The molecule has 1 atom stereocenters. The van der Waals surface area contributed by atoms with Gasteiger partial charge >= 0.3 is 17.9 Å². The Kier molecular flexibility index (Phi) is 68.6. The Balaban J connectivity index is 4.21. The minimum absolute atomic E-state index is 0.0766. The van der Waals surface area contributed by atoms with Crippen LogP contribution in [0.2, 0.25) is 0 Å². The van der Waals surface area contributed by atoms with Crippen LogP contribution in [0.4, 0.5) is 0 Å². The average molecular weight is 1160 g/mol. The Morgan fingerprint density at radius 2 is 0.470 bits per heavy atom. The molecule has 0 aliphatic carbocycles. The molecule has 0 radical (unpaired) electrons. The van der Waals surface area contributed by atoms with Gasteiger partial charge in [-0.05, 0) is 89.9 Å². The van der Waals surface area contributed by atoms with Crippen LogP contribution in [0.15, 0.2) is 72.9 Å². The van der Waals surface area contributed by atoms with Gasteiger partial charge in [-0.3, -0.25) is 14.4 Å². The van der Waals surface area contributed by atoms with Crippen LogP contribution in [0.25, 0.3) is 0 Å². The molecule has 0 spiro atoms. The van der Waals surface area contributed by atoms with Crippen LogP contribution in [0.3, 0.4) is 0 Å². The van der Waals surface area contributed by atoms with Crippen molar-refractivity contribution in [1.29, 1.82) is 0 Å². The minimum atomic E-state index is -0.782. The third kappa shape index (κ3) is 69.5. The summed E-state index contributed by atoms with van der Waals surface area (Å²) in [7, 11) is 0. The first-order valence-corrected chi connectivity index (χ1v) is 36.4. The van der Waals surface area contributed by atoms with E-state index in [-0.39, 0.29) is 31.1 Å². The van der Waals surface area contributed by atoms with E-state index in [0.717, 1.165) is 103 Å². The molecule has 0 aromatic heterocycles. The van der Waals surface area contributed by atoms with Crippen molar-refractivity contribution in [2.45, 2.75) is 386 Å². The number of unbranched alkanes of at least 4 members (excludes halogenated alkanes) is 44. The molecule has 6 heteroatoms. The first-order chi connectivity index (χ1) is 41.0. The maximum atomic E-state index is 13.0. The Labute approximate surface area is 516 Å². The van der Waals surface area contributed by atoms with Crippen LogP contribution >= 0.6 is 0 Å². The fourth-order valence-electron chi connectivity index (χ4n) is 10.8. The molecule has 0 aromatic carbocycles. The molecular weight excluding hydrogens is 1020 g/mol. The first-order valence-electron chi connectivity index (χ1n) is 36.4. The molecule has 0 aliphatic rings. The predicted octanol–water partition coefficient (Wildman–Crippen LogP) is 25.2. The van der Waals surface area contributed by atoms with E-state index in [1.54, 1.807) is 0 Å².